The van der Waals surface area contributed by atoms with Crippen molar-refractivity contribution in [1.29, 1.82) is 0 Å². The molecule has 2 amide bonds. The highest BCUT2D eigenvalue weighted by atomic mass is 79.9. The van der Waals surface area contributed by atoms with Gasteiger partial charge in [-0.3, -0.25) is 9.59 Å². The van der Waals surface area contributed by atoms with E-state index in [1.807, 2.05) is 45.0 Å². The number of nitrogens with zero attached hydrogens (tertiary/aromatic N) is 1. The van der Waals surface area contributed by atoms with E-state index in [1.54, 1.807) is 11.9 Å². The number of hydrogen-bond acceptors (Lipinski definition) is 2. The van der Waals surface area contributed by atoms with Crippen LogP contribution in [-0.4, -0.2) is 30.3 Å². The van der Waals surface area contributed by atoms with E-state index in [9.17, 15) is 9.59 Å². The Morgan fingerprint density at radius 2 is 1.86 bits per heavy atom. The second-order valence-corrected chi connectivity index (χ2v) is 6.95. The van der Waals surface area contributed by atoms with Crippen molar-refractivity contribution in [3.05, 3.63) is 34.3 Å². The van der Waals surface area contributed by atoms with Gasteiger partial charge in [-0.25, -0.2) is 0 Å². The van der Waals surface area contributed by atoms with Crippen LogP contribution in [0.4, 0.5) is 0 Å². The average Bonchev–Trinajstić information content (AvgIpc) is 2.39. The summed E-state index contributed by atoms with van der Waals surface area (Å²) in [5, 5.41) is 2.79. The molecule has 0 unspecified atom stereocenters. The number of carbonyl (C=O) groups excluding carboxylic acids is 2. The van der Waals surface area contributed by atoms with E-state index in [2.05, 4.69) is 21.2 Å². The van der Waals surface area contributed by atoms with Crippen LogP contribution < -0.4 is 5.32 Å². The molecule has 0 radical (unpaired) electrons. The van der Waals surface area contributed by atoms with Gasteiger partial charge in [-0.2, -0.15) is 0 Å². The number of halogens is 1. The molecule has 21 heavy (non-hydrogen) atoms. The third kappa shape index (κ3) is 5.87. The van der Waals surface area contributed by atoms with Gasteiger partial charge >= 0.3 is 0 Å². The summed E-state index contributed by atoms with van der Waals surface area (Å²) in [6.45, 7) is 6.47. The predicted octanol–water partition coefficient (Wildman–Crippen LogP) is 2.96. The number of nitrogens with one attached hydrogen (secondary N) is 1. The maximum Gasteiger partial charge on any atom is 0.225 e. The Hall–Kier alpha value is -1.36. The zero-order valence-electron chi connectivity index (χ0n) is 13.1. The van der Waals surface area contributed by atoms with E-state index in [4.69, 9.17) is 0 Å². The van der Waals surface area contributed by atoms with Crippen LogP contribution in [0.3, 0.4) is 0 Å². The van der Waals surface area contributed by atoms with E-state index in [-0.39, 0.29) is 11.8 Å². The van der Waals surface area contributed by atoms with Crippen molar-refractivity contribution in [2.45, 2.75) is 33.7 Å². The molecule has 1 rings (SSSR count). The Morgan fingerprint density at radius 1 is 1.24 bits per heavy atom. The average molecular weight is 355 g/mol. The van der Waals surface area contributed by atoms with Crippen molar-refractivity contribution in [1.82, 2.24) is 10.2 Å². The molecule has 1 aromatic rings. The van der Waals surface area contributed by atoms with Crippen LogP contribution in [0.15, 0.2) is 28.7 Å². The molecule has 1 N–H and O–H groups in total. The molecule has 1 aromatic carbocycles. The van der Waals surface area contributed by atoms with Crippen LogP contribution in [0.25, 0.3) is 0 Å². The first kappa shape index (κ1) is 17.7. The van der Waals surface area contributed by atoms with Crippen molar-refractivity contribution < 1.29 is 9.59 Å². The Kier molecular flexibility index (Phi) is 6.40. The largest absolute Gasteiger partial charge is 0.355 e. The molecule has 0 spiro atoms. The minimum atomic E-state index is -0.427. The van der Waals surface area contributed by atoms with Gasteiger partial charge in [0.1, 0.15) is 0 Å². The van der Waals surface area contributed by atoms with Crippen molar-refractivity contribution in [3.63, 3.8) is 0 Å². The Morgan fingerprint density at radius 3 is 2.43 bits per heavy atom. The topological polar surface area (TPSA) is 49.4 Å². The van der Waals surface area contributed by atoms with Crippen LogP contribution in [-0.2, 0) is 16.1 Å². The maximum absolute atomic E-state index is 12.0. The molecule has 116 valence electrons. The minimum Gasteiger partial charge on any atom is -0.355 e. The molecule has 0 aliphatic rings. The number of carbonyl (C=O) groups is 2. The fourth-order valence-electron chi connectivity index (χ4n) is 1.71. The zero-order valence-corrected chi connectivity index (χ0v) is 14.7. The van der Waals surface area contributed by atoms with Gasteiger partial charge < -0.3 is 10.2 Å². The fourth-order valence-corrected chi connectivity index (χ4v) is 2.12. The summed E-state index contributed by atoms with van der Waals surface area (Å²) in [6, 6.07) is 7.83. The maximum atomic E-state index is 12.0. The molecular weight excluding hydrogens is 332 g/mol. The molecule has 5 heteroatoms. The van der Waals surface area contributed by atoms with Gasteiger partial charge in [0, 0.05) is 36.4 Å². The van der Waals surface area contributed by atoms with Gasteiger partial charge in [0.25, 0.3) is 0 Å². The predicted molar refractivity (Wildman–Crippen MR) is 87.7 cm³/mol. The molecule has 0 fully saturated rings. The Labute approximate surface area is 135 Å². The highest BCUT2D eigenvalue weighted by Crippen LogP contribution is 2.17. The minimum absolute atomic E-state index is 0.0139. The number of rotatable bonds is 5. The van der Waals surface area contributed by atoms with Crippen LogP contribution in [0.1, 0.15) is 32.8 Å². The zero-order chi connectivity index (χ0) is 16.0. The first-order valence-corrected chi connectivity index (χ1v) is 7.77. The second kappa shape index (κ2) is 7.59. The van der Waals surface area contributed by atoms with Crippen LogP contribution in [0.2, 0.25) is 0 Å². The molecule has 0 saturated carbocycles. The van der Waals surface area contributed by atoms with Crippen molar-refractivity contribution in [2.24, 2.45) is 5.41 Å². The lowest BCUT2D eigenvalue weighted by Crippen LogP contribution is -2.37. The van der Waals surface area contributed by atoms with Gasteiger partial charge in [-0.1, -0.05) is 54.9 Å². The summed E-state index contributed by atoms with van der Waals surface area (Å²) < 4.78 is 0.991. The smallest absolute Gasteiger partial charge is 0.225 e. The third-order valence-electron chi connectivity index (χ3n) is 3.10. The van der Waals surface area contributed by atoms with E-state index in [0.29, 0.717) is 19.5 Å². The van der Waals surface area contributed by atoms with E-state index < -0.39 is 5.41 Å². The summed E-state index contributed by atoms with van der Waals surface area (Å²) in [6.07, 6.45) is 0.308. The summed E-state index contributed by atoms with van der Waals surface area (Å²) >= 11 is 3.47. The van der Waals surface area contributed by atoms with Crippen molar-refractivity contribution >= 4 is 27.7 Å². The molecular formula is C16H23BrN2O2. The van der Waals surface area contributed by atoms with Crippen molar-refractivity contribution in [3.8, 4) is 0 Å². The second-order valence-electron chi connectivity index (χ2n) is 6.10. The highest BCUT2D eigenvalue weighted by molar-refractivity contribution is 9.10. The standard InChI is InChI=1S/C16H23BrN2O2/c1-16(2,3)15(21)18-10-9-14(20)19(4)11-12-7-5-6-8-13(12)17/h5-8H,9-11H2,1-4H3,(H,18,21). The Bertz CT molecular complexity index is 509. The third-order valence-corrected chi connectivity index (χ3v) is 3.87. The van der Waals surface area contributed by atoms with Gasteiger partial charge in [0.05, 0.1) is 0 Å². The molecule has 0 saturated heterocycles. The molecule has 0 bridgehead atoms. The summed E-state index contributed by atoms with van der Waals surface area (Å²) in [5.41, 5.74) is 0.635. The fraction of sp³-hybridized carbons (Fsp3) is 0.500. The molecule has 4 nitrogen and oxygen atoms in total. The first-order chi connectivity index (χ1) is 9.71. The molecule has 0 aliphatic heterocycles. The van der Waals surface area contributed by atoms with Crippen LogP contribution in [0, 0.1) is 5.41 Å². The molecule has 0 aromatic heterocycles. The number of benzene rings is 1. The van der Waals surface area contributed by atoms with E-state index in [0.717, 1.165) is 10.0 Å². The Balaban J connectivity index is 2.42. The lowest BCUT2D eigenvalue weighted by molar-refractivity contribution is -0.131. The first-order valence-electron chi connectivity index (χ1n) is 6.97. The molecule has 0 aliphatic carbocycles. The van der Waals surface area contributed by atoms with Crippen LogP contribution in [0.5, 0.6) is 0 Å². The summed E-state index contributed by atoms with van der Waals surface area (Å²) in [7, 11) is 1.77. The number of amides is 2. The normalized spacial score (nSPS) is 11.1. The highest BCUT2D eigenvalue weighted by Gasteiger charge is 2.21. The lowest BCUT2D eigenvalue weighted by atomic mass is 9.96. The summed E-state index contributed by atoms with van der Waals surface area (Å²) in [4.78, 5) is 25.4. The van der Waals surface area contributed by atoms with Gasteiger partial charge in [0.2, 0.25) is 11.8 Å². The monoisotopic (exact) mass is 354 g/mol. The van der Waals surface area contributed by atoms with Crippen LogP contribution >= 0.6 is 15.9 Å². The molecule has 0 atom stereocenters. The number of hydrogen-bond donors (Lipinski definition) is 1. The summed E-state index contributed by atoms with van der Waals surface area (Å²) in [5.74, 6) is -0.0243. The molecule has 0 heterocycles. The van der Waals surface area contributed by atoms with E-state index >= 15 is 0 Å². The van der Waals surface area contributed by atoms with Gasteiger partial charge in [0.15, 0.2) is 0 Å². The van der Waals surface area contributed by atoms with Crippen molar-refractivity contribution in [2.75, 3.05) is 13.6 Å². The lowest BCUT2D eigenvalue weighted by Gasteiger charge is -2.20. The van der Waals surface area contributed by atoms with E-state index in [1.165, 1.54) is 0 Å². The van der Waals surface area contributed by atoms with Gasteiger partial charge in [-0.05, 0) is 11.6 Å². The quantitative estimate of drug-likeness (QED) is 0.883. The van der Waals surface area contributed by atoms with Gasteiger partial charge in [-0.15, -0.1) is 0 Å². The SMILES string of the molecule is CN(Cc1ccccc1Br)C(=O)CCNC(=O)C(C)(C)C.